The second-order valence-corrected chi connectivity index (χ2v) is 26.4. The number of sulfonamides is 2. The number of para-hydroxylation sites is 2. The smallest absolute Gasteiger partial charge is 0.309 e. The number of carbonyl (C=O) groups excluding carboxylic acids is 3. The summed E-state index contributed by atoms with van der Waals surface area (Å²) in [6.07, 6.45) is 12.3. The Morgan fingerprint density at radius 3 is 1.32 bits per heavy atom. The van der Waals surface area contributed by atoms with Crippen LogP contribution in [0.2, 0.25) is 0 Å². The standard InChI is InChI=1S/C26H33N3O4S.C26H32N2O5S/c1-25(2,29(3)34(32,33)21-8-4-6-17-7-5-9-28-23(17)21)22(30)12-20-18-10-16-11-19(20)15-26(13-16,14-18)24(27)31;1-25(2,28(3)34(32,33)21-8-4-6-17-7-5-9-27-23(17)21)22(29)12-20-18-10-16-11-19(20)15-26(13-16,14-18)24(30)31/h4-9,16,18-20H,10-15H2,1-3H3,(H2,27,31);4-9,16,18-20H,10-15H2,1-3H3,(H,30,31). The lowest BCUT2D eigenvalue weighted by molar-refractivity contribution is -0.171. The van der Waals surface area contributed by atoms with Gasteiger partial charge in [0.25, 0.3) is 0 Å². The molecule has 0 aliphatic heterocycles. The molecule has 8 bridgehead atoms. The summed E-state index contributed by atoms with van der Waals surface area (Å²) < 4.78 is 56.9. The van der Waals surface area contributed by atoms with Crippen LogP contribution in [0.5, 0.6) is 0 Å². The van der Waals surface area contributed by atoms with E-state index in [1.54, 1.807) is 70.4 Å². The third-order valence-electron chi connectivity index (χ3n) is 18.2. The average molecular weight is 968 g/mol. The predicted octanol–water partition coefficient (Wildman–Crippen LogP) is 7.64. The van der Waals surface area contributed by atoms with Crippen LogP contribution in [0, 0.1) is 58.2 Å². The van der Waals surface area contributed by atoms with Crippen LogP contribution in [-0.2, 0) is 39.2 Å². The van der Waals surface area contributed by atoms with E-state index >= 15 is 0 Å². The fourth-order valence-electron chi connectivity index (χ4n) is 14.2. The van der Waals surface area contributed by atoms with E-state index in [1.807, 2.05) is 24.3 Å². The summed E-state index contributed by atoms with van der Waals surface area (Å²) in [7, 11) is -5.00. The third-order valence-corrected chi connectivity index (χ3v) is 22.3. The summed E-state index contributed by atoms with van der Waals surface area (Å²) >= 11 is 0. The quantitative estimate of drug-likeness (QED) is 0.125. The second-order valence-electron chi connectivity index (χ2n) is 22.5. The van der Waals surface area contributed by atoms with Crippen LogP contribution in [-0.4, -0.2) is 89.1 Å². The Hall–Kier alpha value is -4.64. The highest BCUT2D eigenvalue weighted by Gasteiger charge is 2.60. The van der Waals surface area contributed by atoms with Crippen molar-refractivity contribution in [1.29, 1.82) is 0 Å². The van der Waals surface area contributed by atoms with Gasteiger partial charge in [-0.25, -0.2) is 16.8 Å². The number of rotatable bonds is 14. The van der Waals surface area contributed by atoms with E-state index in [-0.39, 0.29) is 50.9 Å². The van der Waals surface area contributed by atoms with Gasteiger partial charge in [0.15, 0.2) is 11.6 Å². The molecule has 1 amide bonds. The van der Waals surface area contributed by atoms with Crippen LogP contribution in [0.4, 0.5) is 0 Å². The summed E-state index contributed by atoms with van der Waals surface area (Å²) in [4.78, 5) is 60.3. The van der Waals surface area contributed by atoms with Crippen LogP contribution < -0.4 is 5.73 Å². The van der Waals surface area contributed by atoms with E-state index in [4.69, 9.17) is 5.73 Å². The molecule has 16 heteroatoms. The topological polar surface area (TPSA) is 215 Å². The number of aromatic nitrogens is 2. The molecule has 8 aliphatic rings. The average Bonchev–Trinajstić information content (AvgIpc) is 3.29. The number of nitrogens with two attached hydrogens (primary N) is 1. The number of amides is 1. The number of carbonyl (C=O) groups is 4. The van der Waals surface area contributed by atoms with E-state index in [0.29, 0.717) is 60.4 Å². The number of aliphatic carboxylic acids is 1. The summed E-state index contributed by atoms with van der Waals surface area (Å²) in [6, 6.07) is 17.3. The highest BCUT2D eigenvalue weighted by atomic mass is 32.2. The molecule has 2 heterocycles. The Labute approximate surface area is 399 Å². The number of primary amides is 1. The van der Waals surface area contributed by atoms with Gasteiger partial charge >= 0.3 is 5.97 Å². The van der Waals surface area contributed by atoms with Crippen molar-refractivity contribution < 1.29 is 41.1 Å². The maximum Gasteiger partial charge on any atom is 0.309 e. The number of fused-ring (bicyclic) bond motifs is 2. The highest BCUT2D eigenvalue weighted by Crippen LogP contribution is 2.64. The van der Waals surface area contributed by atoms with Crippen LogP contribution in [0.25, 0.3) is 21.8 Å². The second kappa shape index (κ2) is 17.0. The zero-order chi connectivity index (χ0) is 48.9. The molecule has 8 fully saturated rings. The van der Waals surface area contributed by atoms with Gasteiger partial charge in [-0.1, -0.05) is 36.4 Å². The van der Waals surface area contributed by atoms with E-state index < -0.39 is 47.9 Å². The monoisotopic (exact) mass is 967 g/mol. The fourth-order valence-corrected chi connectivity index (χ4v) is 17.6. The minimum absolute atomic E-state index is 0.0858. The van der Waals surface area contributed by atoms with Crippen molar-refractivity contribution in [3.05, 3.63) is 73.1 Å². The molecule has 8 aliphatic carbocycles. The summed E-state index contributed by atoms with van der Waals surface area (Å²) in [5.74, 6) is 1.27. The van der Waals surface area contributed by atoms with Crippen molar-refractivity contribution in [1.82, 2.24) is 18.6 Å². The summed E-state index contributed by atoms with van der Waals surface area (Å²) in [6.45, 7) is 6.71. The number of Topliss-reactive ketones (excluding diaryl/α,β-unsaturated/α-hetero) is 2. The Balaban J connectivity index is 0.000000170. The van der Waals surface area contributed by atoms with Gasteiger partial charge in [0, 0.05) is 55.5 Å². The lowest BCUT2D eigenvalue weighted by Gasteiger charge is -2.59. The first-order valence-electron chi connectivity index (χ1n) is 24.2. The first kappa shape index (κ1) is 48.4. The van der Waals surface area contributed by atoms with E-state index in [9.17, 15) is 41.1 Å². The van der Waals surface area contributed by atoms with Crippen LogP contribution in [0.15, 0.2) is 82.8 Å². The minimum atomic E-state index is -3.98. The number of likely N-dealkylation sites (N-methyl/N-ethyl adjacent to an activating group) is 2. The lowest BCUT2D eigenvalue weighted by atomic mass is 9.45. The highest BCUT2D eigenvalue weighted by molar-refractivity contribution is 7.89. The van der Waals surface area contributed by atoms with Gasteiger partial charge in [0.05, 0.1) is 27.5 Å². The zero-order valence-electron chi connectivity index (χ0n) is 39.9. The molecular weight excluding hydrogens is 903 g/mol. The van der Waals surface area contributed by atoms with Crippen molar-refractivity contribution in [2.24, 2.45) is 63.9 Å². The maximum atomic E-state index is 13.6. The molecule has 0 spiro atoms. The summed E-state index contributed by atoms with van der Waals surface area (Å²) in [5, 5.41) is 11.3. The van der Waals surface area contributed by atoms with Gasteiger partial charge in [0.1, 0.15) is 9.79 Å². The SMILES string of the molecule is CN(C(C)(C)C(=O)CC1C2CC3CC1CC(C(=O)O)(C3)C2)S(=O)(=O)c1cccc2cccnc12.CN(C(C)(C)C(=O)CC1C2CC3CC1CC(C(N)=O)(C3)C2)S(=O)(=O)c1cccc2cccnc12. The van der Waals surface area contributed by atoms with E-state index in [2.05, 4.69) is 9.97 Å². The first-order chi connectivity index (χ1) is 31.9. The molecule has 364 valence electrons. The Kier molecular flexibility index (Phi) is 12.1. The number of hydrogen-bond acceptors (Lipinski definition) is 10. The Morgan fingerprint density at radius 2 is 0.956 bits per heavy atom. The van der Waals surface area contributed by atoms with Crippen molar-refractivity contribution in [2.45, 2.75) is 126 Å². The normalized spacial score (nSPS) is 30.7. The molecule has 12 rings (SSSR count). The van der Waals surface area contributed by atoms with Gasteiger partial charge in [-0.2, -0.15) is 8.61 Å². The van der Waals surface area contributed by atoms with Crippen molar-refractivity contribution in [2.75, 3.05) is 14.1 Å². The number of carboxylic acid groups (broad SMARTS) is 1. The van der Waals surface area contributed by atoms with Gasteiger partial charge in [-0.05, 0) is 164 Å². The molecule has 8 saturated carbocycles. The molecular formula is C52H65N5O9S2. The van der Waals surface area contributed by atoms with Gasteiger partial charge in [-0.3, -0.25) is 29.1 Å². The van der Waals surface area contributed by atoms with Crippen molar-refractivity contribution >= 4 is 65.3 Å². The number of benzene rings is 2. The molecule has 0 radical (unpaired) electrons. The fraction of sp³-hybridized carbons (Fsp3) is 0.577. The van der Waals surface area contributed by atoms with Gasteiger partial charge in [0.2, 0.25) is 26.0 Å². The molecule has 68 heavy (non-hydrogen) atoms. The third kappa shape index (κ3) is 7.98. The van der Waals surface area contributed by atoms with Crippen LogP contribution >= 0.6 is 0 Å². The van der Waals surface area contributed by atoms with Crippen LogP contribution in [0.1, 0.15) is 105 Å². The lowest BCUT2D eigenvalue weighted by Crippen LogP contribution is -2.57. The Bertz CT molecular complexity index is 2700. The molecule has 14 nitrogen and oxygen atoms in total. The number of ketones is 2. The molecule has 0 saturated heterocycles. The number of carboxylic acids is 1. The van der Waals surface area contributed by atoms with Crippen molar-refractivity contribution in [3.8, 4) is 0 Å². The van der Waals surface area contributed by atoms with Crippen LogP contribution in [0.3, 0.4) is 0 Å². The number of nitrogens with zero attached hydrogens (tertiary/aromatic N) is 4. The number of hydrogen-bond donors (Lipinski definition) is 2. The maximum absolute atomic E-state index is 13.6. The number of pyridine rings is 2. The van der Waals surface area contributed by atoms with E-state index in [0.717, 1.165) is 62.1 Å². The zero-order valence-corrected chi connectivity index (χ0v) is 41.6. The largest absolute Gasteiger partial charge is 0.481 e. The first-order valence-corrected chi connectivity index (χ1v) is 27.0. The predicted molar refractivity (Wildman–Crippen MR) is 257 cm³/mol. The molecule has 4 unspecified atom stereocenters. The molecule has 4 atom stereocenters. The van der Waals surface area contributed by atoms with E-state index in [1.165, 1.54) is 28.8 Å². The molecule has 4 aromatic rings. The van der Waals surface area contributed by atoms with Gasteiger partial charge in [-0.15, -0.1) is 0 Å². The Morgan fingerprint density at radius 1 is 0.603 bits per heavy atom. The molecule has 2 aromatic heterocycles. The molecule has 2 aromatic carbocycles. The van der Waals surface area contributed by atoms with Crippen molar-refractivity contribution in [3.63, 3.8) is 0 Å². The molecule has 3 N–H and O–H groups in total. The minimum Gasteiger partial charge on any atom is -0.481 e. The van der Waals surface area contributed by atoms with Gasteiger partial charge < -0.3 is 10.8 Å². The summed E-state index contributed by atoms with van der Waals surface area (Å²) in [5.41, 5.74) is 3.12.